The summed E-state index contributed by atoms with van der Waals surface area (Å²) >= 11 is 0. The fourth-order valence-electron chi connectivity index (χ4n) is 4.23. The summed E-state index contributed by atoms with van der Waals surface area (Å²) in [6.45, 7) is 9.46. The molecule has 4 heteroatoms. The molecule has 0 heterocycles. The van der Waals surface area contributed by atoms with Gasteiger partial charge in [0.2, 0.25) is 0 Å². The molecule has 0 spiro atoms. The topological polar surface area (TPSA) is 55.8 Å². The lowest BCUT2D eigenvalue weighted by atomic mass is 9.96. The molecule has 0 aromatic heterocycles. The van der Waals surface area contributed by atoms with Gasteiger partial charge in [0.1, 0.15) is 17.2 Å². The maximum absolute atomic E-state index is 13.3. The highest BCUT2D eigenvalue weighted by Crippen LogP contribution is 2.38. The number of ether oxygens (including phenoxy) is 2. The van der Waals surface area contributed by atoms with Gasteiger partial charge < -0.3 is 14.6 Å². The molecule has 1 atom stereocenters. The number of rotatable bonds is 9. The lowest BCUT2D eigenvalue weighted by Gasteiger charge is -2.17. The van der Waals surface area contributed by atoms with E-state index in [-0.39, 0.29) is 11.7 Å². The van der Waals surface area contributed by atoms with E-state index in [2.05, 4.69) is 13.2 Å². The monoisotopic (exact) mass is 478 g/mol. The average molecular weight is 479 g/mol. The van der Waals surface area contributed by atoms with Gasteiger partial charge >= 0.3 is 5.97 Å². The Morgan fingerprint density at radius 1 is 0.861 bits per heavy atom. The van der Waals surface area contributed by atoms with Gasteiger partial charge in [0.25, 0.3) is 0 Å². The van der Waals surface area contributed by atoms with E-state index in [0.717, 1.165) is 33.2 Å². The third-order valence-corrected chi connectivity index (χ3v) is 6.29. The number of fused-ring (bicyclic) bond motifs is 1. The van der Waals surface area contributed by atoms with Crippen molar-refractivity contribution in [2.75, 3.05) is 7.11 Å². The number of phenols is 1. The Morgan fingerprint density at radius 3 is 2.19 bits per heavy atom. The van der Waals surface area contributed by atoms with Gasteiger partial charge in [0.15, 0.2) is 0 Å². The second kappa shape index (κ2) is 11.0. The molecule has 4 aromatic carbocycles. The van der Waals surface area contributed by atoms with E-state index in [4.69, 9.17) is 9.47 Å². The molecule has 0 aliphatic heterocycles. The summed E-state index contributed by atoms with van der Waals surface area (Å²) in [5.74, 6) is 0.445. The fourth-order valence-corrected chi connectivity index (χ4v) is 4.23. The maximum atomic E-state index is 13.3. The van der Waals surface area contributed by atoms with Crippen LogP contribution in [0.5, 0.6) is 17.2 Å². The van der Waals surface area contributed by atoms with Gasteiger partial charge in [0, 0.05) is 11.1 Å². The Morgan fingerprint density at radius 2 is 1.50 bits per heavy atom. The summed E-state index contributed by atoms with van der Waals surface area (Å²) in [5, 5.41) is 12.7. The number of carbonyl (C=O) groups is 1. The molecular formula is C32H30O4. The van der Waals surface area contributed by atoms with E-state index in [9.17, 15) is 9.90 Å². The molecule has 0 radical (unpaired) electrons. The number of methoxy groups -OCH3 is 1. The Hall–Kier alpha value is -4.31. The molecule has 36 heavy (non-hydrogen) atoms. The fraction of sp³-hybridized carbons (Fsp3) is 0.156. The highest BCUT2D eigenvalue weighted by atomic mass is 16.5. The van der Waals surface area contributed by atoms with Crippen molar-refractivity contribution in [1.29, 1.82) is 0 Å². The van der Waals surface area contributed by atoms with Crippen molar-refractivity contribution >= 4 is 16.7 Å². The van der Waals surface area contributed by atoms with Gasteiger partial charge in [-0.15, -0.1) is 13.2 Å². The van der Waals surface area contributed by atoms with Gasteiger partial charge in [-0.25, -0.2) is 0 Å². The summed E-state index contributed by atoms with van der Waals surface area (Å²) < 4.78 is 11.2. The van der Waals surface area contributed by atoms with E-state index < -0.39 is 5.92 Å². The van der Waals surface area contributed by atoms with Crippen molar-refractivity contribution in [1.82, 2.24) is 0 Å². The molecule has 1 N–H and O–H groups in total. The van der Waals surface area contributed by atoms with Gasteiger partial charge in [-0.2, -0.15) is 0 Å². The first-order chi connectivity index (χ1) is 17.4. The lowest BCUT2D eigenvalue weighted by Crippen LogP contribution is -2.16. The summed E-state index contributed by atoms with van der Waals surface area (Å²) in [7, 11) is 1.64. The van der Waals surface area contributed by atoms with Crippen molar-refractivity contribution in [2.45, 2.75) is 25.7 Å². The second-order valence-corrected chi connectivity index (χ2v) is 8.78. The van der Waals surface area contributed by atoms with Gasteiger partial charge in [-0.1, -0.05) is 48.6 Å². The summed E-state index contributed by atoms with van der Waals surface area (Å²) in [4.78, 5) is 13.3. The van der Waals surface area contributed by atoms with E-state index in [1.54, 1.807) is 19.2 Å². The summed E-state index contributed by atoms with van der Waals surface area (Å²) in [6, 6.07) is 22.8. The molecule has 4 aromatic rings. The second-order valence-electron chi connectivity index (χ2n) is 8.78. The Labute approximate surface area is 212 Å². The molecule has 4 rings (SSSR count). The highest BCUT2D eigenvalue weighted by molar-refractivity contribution is 5.88. The lowest BCUT2D eigenvalue weighted by molar-refractivity contribution is -0.135. The first-order valence-electron chi connectivity index (χ1n) is 11.9. The predicted octanol–water partition coefficient (Wildman–Crippen LogP) is 7.39. The number of esters is 1. The smallest absolute Gasteiger partial charge is 0.318 e. The maximum Gasteiger partial charge on any atom is 0.318 e. The van der Waals surface area contributed by atoms with Crippen LogP contribution in [0.25, 0.3) is 21.9 Å². The molecule has 0 bridgehead atoms. The van der Waals surface area contributed by atoms with Crippen LogP contribution in [-0.4, -0.2) is 18.2 Å². The summed E-state index contributed by atoms with van der Waals surface area (Å²) in [6.07, 6.45) is 4.95. The van der Waals surface area contributed by atoms with Crippen molar-refractivity contribution in [3.63, 3.8) is 0 Å². The van der Waals surface area contributed by atoms with Crippen molar-refractivity contribution < 1.29 is 19.4 Å². The largest absolute Gasteiger partial charge is 0.507 e. The van der Waals surface area contributed by atoms with E-state index in [1.807, 2.05) is 79.7 Å². The number of allylic oxidation sites excluding steroid dienone is 2. The van der Waals surface area contributed by atoms with Gasteiger partial charge in [-0.05, 0) is 83.6 Å². The van der Waals surface area contributed by atoms with Crippen LogP contribution in [0, 0.1) is 0 Å². The number of benzene rings is 4. The van der Waals surface area contributed by atoms with E-state index >= 15 is 0 Å². The Balaban J connectivity index is 1.67. The number of hydrogen-bond donors (Lipinski definition) is 1. The molecule has 4 nitrogen and oxygen atoms in total. The standard InChI is InChI=1S/C32H30O4/c1-5-7-22-9-15-30(33)28(17-22)29-18-23(8-6-2)10-16-31(29)36-32(34)21(3)24-11-12-26-20-27(35-4)14-13-25(26)19-24/h5-6,9-21,33H,1-2,7-8H2,3-4H3/t21-/m0/s1. The number of phenolic OH excluding ortho intramolecular Hbond substituents is 1. The zero-order valence-electron chi connectivity index (χ0n) is 20.7. The molecule has 0 saturated heterocycles. The van der Waals surface area contributed by atoms with Crippen LogP contribution in [-0.2, 0) is 17.6 Å². The van der Waals surface area contributed by atoms with Gasteiger partial charge in [-0.3, -0.25) is 4.79 Å². The minimum Gasteiger partial charge on any atom is -0.507 e. The zero-order chi connectivity index (χ0) is 25.7. The first kappa shape index (κ1) is 24.8. The molecule has 0 fully saturated rings. The van der Waals surface area contributed by atoms with Crippen molar-refractivity contribution in [3.05, 3.63) is 115 Å². The van der Waals surface area contributed by atoms with Crippen LogP contribution >= 0.6 is 0 Å². The molecule has 182 valence electrons. The first-order valence-corrected chi connectivity index (χ1v) is 11.9. The van der Waals surface area contributed by atoms with Crippen LogP contribution < -0.4 is 9.47 Å². The van der Waals surface area contributed by atoms with Gasteiger partial charge in [0.05, 0.1) is 13.0 Å². The average Bonchev–Trinajstić information content (AvgIpc) is 2.90. The van der Waals surface area contributed by atoms with Crippen molar-refractivity contribution in [3.8, 4) is 28.4 Å². The molecule has 0 amide bonds. The molecule has 0 aliphatic carbocycles. The van der Waals surface area contributed by atoms with Crippen LogP contribution in [0.3, 0.4) is 0 Å². The van der Waals surface area contributed by atoms with E-state index in [1.165, 1.54) is 0 Å². The minimum absolute atomic E-state index is 0.119. The number of hydrogen-bond acceptors (Lipinski definition) is 4. The third-order valence-electron chi connectivity index (χ3n) is 6.29. The predicted molar refractivity (Wildman–Crippen MR) is 146 cm³/mol. The highest BCUT2D eigenvalue weighted by Gasteiger charge is 2.21. The summed E-state index contributed by atoms with van der Waals surface area (Å²) in [5.41, 5.74) is 4.13. The van der Waals surface area contributed by atoms with Crippen LogP contribution in [0.15, 0.2) is 98.1 Å². The molecular weight excluding hydrogens is 448 g/mol. The quantitative estimate of drug-likeness (QED) is 0.155. The number of carbonyl (C=O) groups excluding carboxylic acids is 1. The molecule has 0 saturated carbocycles. The van der Waals surface area contributed by atoms with Crippen molar-refractivity contribution in [2.24, 2.45) is 0 Å². The molecule has 0 aliphatic rings. The zero-order valence-corrected chi connectivity index (χ0v) is 20.7. The number of aromatic hydroxyl groups is 1. The van der Waals surface area contributed by atoms with Crippen LogP contribution in [0.1, 0.15) is 29.5 Å². The minimum atomic E-state index is -0.488. The normalized spacial score (nSPS) is 11.6. The van der Waals surface area contributed by atoms with Crippen LogP contribution in [0.4, 0.5) is 0 Å². The van der Waals surface area contributed by atoms with E-state index in [0.29, 0.717) is 29.7 Å². The Bertz CT molecular complexity index is 1430. The Kier molecular flexibility index (Phi) is 7.55. The SMILES string of the molecule is C=CCc1ccc(O)c(-c2cc(CC=C)ccc2OC(=O)[C@@H](C)c2ccc3cc(OC)ccc3c2)c1. The van der Waals surface area contributed by atoms with Crippen LogP contribution in [0.2, 0.25) is 0 Å². The third kappa shape index (κ3) is 5.33. The molecule has 0 unspecified atom stereocenters.